The summed E-state index contributed by atoms with van der Waals surface area (Å²) in [6.45, 7) is 3.98. The molecule has 0 spiro atoms. The van der Waals surface area contributed by atoms with Gasteiger partial charge in [0.2, 0.25) is 0 Å². The Morgan fingerprint density at radius 1 is 0.578 bits per heavy atom. The Morgan fingerprint density at radius 2 is 0.938 bits per heavy atom. The van der Waals surface area contributed by atoms with Crippen LogP contribution in [0.25, 0.3) is 0 Å². The SMILES string of the molecule is CCC1COC(C(CCCCOc2cc(F)c(C(=O)Oc3cc(F)c(C)c(F)c3)c(F)c2)CCCCOc2cc(F)c(C(=O)Oc3cc(F)c(S(F)(F)(F)(F)F)c(F)c3)c(F)c2)OC1. The minimum Gasteiger partial charge on any atom is -0.493 e. The molecule has 1 aliphatic heterocycles. The summed E-state index contributed by atoms with van der Waals surface area (Å²) in [5.74, 6) is -19.6. The molecule has 0 amide bonds. The summed E-state index contributed by atoms with van der Waals surface area (Å²) in [5.41, 5.74) is -2.87. The van der Waals surface area contributed by atoms with Crippen LogP contribution in [0.2, 0.25) is 0 Å². The number of benzene rings is 4. The third-order valence-electron chi connectivity index (χ3n) is 9.90. The number of carbonyl (C=O) groups excluding carboxylic acids is 2. The summed E-state index contributed by atoms with van der Waals surface area (Å²) in [7, 11) is -10.8. The molecule has 352 valence electrons. The van der Waals surface area contributed by atoms with Gasteiger partial charge in [0.25, 0.3) is 0 Å². The zero-order chi connectivity index (χ0) is 47.2. The first-order chi connectivity index (χ1) is 29.8. The lowest BCUT2D eigenvalue weighted by Gasteiger charge is -2.40. The molecule has 4 aromatic carbocycles. The number of unbranched alkanes of at least 4 members (excludes halogenated alkanes) is 2. The smallest absolute Gasteiger partial charge is 0.349 e. The van der Waals surface area contributed by atoms with Gasteiger partial charge in [-0.25, -0.2) is 44.7 Å². The number of hydrogen-bond donors (Lipinski definition) is 0. The van der Waals surface area contributed by atoms with Crippen LogP contribution >= 0.6 is 10.2 Å². The molecule has 0 aliphatic carbocycles. The van der Waals surface area contributed by atoms with Gasteiger partial charge < -0.3 is 28.4 Å². The maximum Gasteiger partial charge on any atom is 0.349 e. The Bertz CT molecular complexity index is 2270. The predicted molar refractivity (Wildman–Crippen MR) is 203 cm³/mol. The highest BCUT2D eigenvalue weighted by Crippen LogP contribution is 3.02. The average Bonchev–Trinajstić information content (AvgIpc) is 3.17. The summed E-state index contributed by atoms with van der Waals surface area (Å²) in [5, 5.41) is 0. The third kappa shape index (κ3) is 13.0. The maximum absolute atomic E-state index is 14.8. The molecule has 1 atom stereocenters. The van der Waals surface area contributed by atoms with Gasteiger partial charge in [0.1, 0.15) is 69.0 Å². The lowest BCUT2D eigenvalue weighted by atomic mass is 9.94. The molecule has 1 fully saturated rings. The van der Waals surface area contributed by atoms with Crippen LogP contribution in [0.5, 0.6) is 23.0 Å². The molecule has 64 heavy (non-hydrogen) atoms. The predicted octanol–water partition coefficient (Wildman–Crippen LogP) is 13.0. The normalized spacial score (nSPS) is 17.0. The van der Waals surface area contributed by atoms with E-state index in [1.165, 1.54) is 0 Å². The second-order valence-corrected chi connectivity index (χ2v) is 17.1. The van der Waals surface area contributed by atoms with Crippen molar-refractivity contribution in [1.29, 1.82) is 0 Å². The van der Waals surface area contributed by atoms with Gasteiger partial charge in [-0.2, -0.15) is 0 Å². The average molecular weight is 951 g/mol. The van der Waals surface area contributed by atoms with Crippen LogP contribution in [0.4, 0.5) is 54.6 Å². The number of ether oxygens (including phenoxy) is 6. The Morgan fingerprint density at radius 3 is 1.30 bits per heavy atom. The summed E-state index contributed by atoms with van der Waals surface area (Å²) in [6.07, 6.45) is 3.10. The first-order valence-electron chi connectivity index (χ1n) is 19.4. The lowest BCUT2D eigenvalue weighted by molar-refractivity contribution is -0.227. The number of carbonyl (C=O) groups is 2. The van der Waals surface area contributed by atoms with Gasteiger partial charge in [0.05, 0.1) is 26.4 Å². The molecule has 0 bridgehead atoms. The van der Waals surface area contributed by atoms with Crippen molar-refractivity contribution in [1.82, 2.24) is 0 Å². The Hall–Kier alpha value is -5.22. The first-order valence-corrected chi connectivity index (χ1v) is 21.4. The van der Waals surface area contributed by atoms with E-state index >= 15 is 0 Å². The van der Waals surface area contributed by atoms with E-state index in [4.69, 9.17) is 23.7 Å². The monoisotopic (exact) mass is 950 g/mol. The highest BCUT2D eigenvalue weighted by molar-refractivity contribution is 8.45. The van der Waals surface area contributed by atoms with Crippen molar-refractivity contribution in [3.8, 4) is 23.0 Å². The minimum atomic E-state index is -10.8. The molecule has 1 unspecified atom stereocenters. The van der Waals surface area contributed by atoms with Crippen LogP contribution in [0.3, 0.4) is 0 Å². The Kier molecular flexibility index (Phi) is 15.2. The Balaban J connectivity index is 1.10. The van der Waals surface area contributed by atoms with E-state index in [2.05, 4.69) is 4.74 Å². The molecular formula is C42H39F13O8S. The van der Waals surface area contributed by atoms with Gasteiger partial charge in [0.15, 0.2) is 22.8 Å². The zero-order valence-electron chi connectivity index (χ0n) is 33.7. The summed E-state index contributed by atoms with van der Waals surface area (Å²) in [6, 6.07) is 3.27. The molecule has 8 nitrogen and oxygen atoms in total. The lowest BCUT2D eigenvalue weighted by Crippen LogP contribution is -2.37. The van der Waals surface area contributed by atoms with E-state index in [-0.39, 0.29) is 48.5 Å². The van der Waals surface area contributed by atoms with E-state index in [0.29, 0.717) is 76.0 Å². The first kappa shape index (κ1) is 49.8. The van der Waals surface area contributed by atoms with Crippen LogP contribution in [0.1, 0.15) is 78.1 Å². The van der Waals surface area contributed by atoms with E-state index in [1.807, 2.05) is 6.92 Å². The molecule has 1 aliphatic rings. The number of rotatable bonds is 19. The van der Waals surface area contributed by atoms with Gasteiger partial charge in [0, 0.05) is 65.9 Å². The fourth-order valence-electron chi connectivity index (χ4n) is 6.50. The molecular weight excluding hydrogens is 911 g/mol. The molecule has 22 heteroatoms. The molecule has 0 saturated carbocycles. The molecule has 0 aromatic heterocycles. The van der Waals surface area contributed by atoms with Crippen molar-refractivity contribution in [2.75, 3.05) is 26.4 Å². The molecule has 0 N–H and O–H groups in total. The van der Waals surface area contributed by atoms with Gasteiger partial charge in [-0.1, -0.05) is 26.4 Å². The van der Waals surface area contributed by atoms with Crippen molar-refractivity contribution in [2.45, 2.75) is 70.0 Å². The number of hydrogen-bond acceptors (Lipinski definition) is 8. The molecule has 5 rings (SSSR count). The number of halogens is 13. The van der Waals surface area contributed by atoms with Gasteiger partial charge in [-0.3, -0.25) is 0 Å². The van der Waals surface area contributed by atoms with Crippen molar-refractivity contribution in [3.05, 3.63) is 112 Å². The van der Waals surface area contributed by atoms with E-state index in [1.54, 1.807) is 0 Å². The van der Waals surface area contributed by atoms with Crippen molar-refractivity contribution >= 4 is 22.2 Å². The van der Waals surface area contributed by atoms with Crippen molar-refractivity contribution in [2.24, 2.45) is 11.8 Å². The van der Waals surface area contributed by atoms with Gasteiger partial charge in [-0.05, 0) is 51.9 Å². The molecule has 4 aromatic rings. The summed E-state index contributed by atoms with van der Waals surface area (Å²) in [4.78, 5) is 21.3. The van der Waals surface area contributed by atoms with Crippen molar-refractivity contribution in [3.63, 3.8) is 0 Å². The third-order valence-corrected chi connectivity index (χ3v) is 11.1. The Labute approximate surface area is 357 Å². The van der Waals surface area contributed by atoms with Crippen LogP contribution in [0.15, 0.2) is 53.4 Å². The van der Waals surface area contributed by atoms with Crippen LogP contribution in [0, 0.1) is 65.3 Å². The van der Waals surface area contributed by atoms with Gasteiger partial charge >= 0.3 is 22.2 Å². The van der Waals surface area contributed by atoms with Crippen LogP contribution < -0.4 is 18.9 Å². The standard InChI is InChI=1S/C42H39F13O8S/c1-3-23-20-60-42(61-21-23)24(8-4-6-10-58-25-12-31(45)37(32(46)13-25)40(56)62-27-16-29(43)22(2)30(44)17-27)9-5-7-11-59-26-14-33(47)38(34(48)15-26)41(57)63-28-18-35(49)39(36(50)19-28)64(51,52,53,54)55/h12-19,23-24,42H,3-11,20-21H2,1-2H3. The van der Waals surface area contributed by atoms with E-state index in [0.717, 1.165) is 25.5 Å². The van der Waals surface area contributed by atoms with Crippen LogP contribution in [-0.4, -0.2) is 44.7 Å². The van der Waals surface area contributed by atoms with Crippen molar-refractivity contribution < 1.29 is 92.6 Å². The van der Waals surface area contributed by atoms with Crippen LogP contribution in [-0.2, 0) is 9.47 Å². The second kappa shape index (κ2) is 19.5. The fourth-order valence-corrected chi connectivity index (χ4v) is 7.35. The maximum atomic E-state index is 14.8. The van der Waals surface area contributed by atoms with E-state index in [9.17, 15) is 64.1 Å². The highest BCUT2D eigenvalue weighted by atomic mass is 32.5. The molecule has 1 saturated heterocycles. The number of esters is 2. The zero-order valence-corrected chi connectivity index (χ0v) is 34.5. The summed E-state index contributed by atoms with van der Waals surface area (Å²) >= 11 is 0. The topological polar surface area (TPSA) is 89.5 Å². The van der Waals surface area contributed by atoms with Gasteiger partial charge in [-0.15, -0.1) is 0 Å². The highest BCUT2D eigenvalue weighted by Gasteiger charge is 2.69. The van der Waals surface area contributed by atoms with E-state index < -0.39 is 108 Å². The molecule has 1 heterocycles. The summed E-state index contributed by atoms with van der Waals surface area (Å²) < 4.78 is 212. The fraction of sp³-hybridized carbons (Fsp3) is 0.381. The molecule has 0 radical (unpaired) electrons. The minimum absolute atomic E-state index is 0.00756. The largest absolute Gasteiger partial charge is 0.493 e. The quantitative estimate of drug-likeness (QED) is 0.0397. The second-order valence-electron chi connectivity index (χ2n) is 14.8.